The molecule has 1 aliphatic heterocycles. The zero-order valence-electron chi connectivity index (χ0n) is 16.3. The van der Waals surface area contributed by atoms with E-state index in [0.29, 0.717) is 11.9 Å². The molecule has 0 radical (unpaired) electrons. The van der Waals surface area contributed by atoms with Crippen molar-refractivity contribution in [3.05, 3.63) is 60.0 Å². The van der Waals surface area contributed by atoms with Gasteiger partial charge in [0.15, 0.2) is 5.82 Å². The third-order valence-electron chi connectivity index (χ3n) is 5.27. The summed E-state index contributed by atoms with van der Waals surface area (Å²) in [6.07, 6.45) is 6.70. The molecule has 0 saturated carbocycles. The van der Waals surface area contributed by atoms with Crippen LogP contribution in [0.25, 0.3) is 11.5 Å². The van der Waals surface area contributed by atoms with Gasteiger partial charge in [0.1, 0.15) is 5.82 Å². The molecule has 6 heteroatoms. The molecule has 0 spiro atoms. The predicted molar refractivity (Wildman–Crippen MR) is 108 cm³/mol. The summed E-state index contributed by atoms with van der Waals surface area (Å²) in [5.41, 5.74) is 2.19. The Hall–Kier alpha value is -2.73. The van der Waals surface area contributed by atoms with Crippen LogP contribution >= 0.6 is 0 Å². The van der Waals surface area contributed by atoms with Gasteiger partial charge in [-0.3, -0.25) is 0 Å². The van der Waals surface area contributed by atoms with Gasteiger partial charge in [0.25, 0.3) is 5.89 Å². The average Bonchev–Trinajstić information content (AvgIpc) is 3.24. The number of ether oxygens (including phenoxy) is 1. The summed E-state index contributed by atoms with van der Waals surface area (Å²) < 4.78 is 10.9. The number of nitrogens with zero attached hydrogens (tertiary/aromatic N) is 4. The second-order valence-electron chi connectivity index (χ2n) is 7.21. The molecule has 28 heavy (non-hydrogen) atoms. The largest absolute Gasteiger partial charge is 0.381 e. The van der Waals surface area contributed by atoms with E-state index in [0.717, 1.165) is 62.5 Å². The SMILES string of the molecule is CN(c1ccc(-c2nc(CCCc3ccccc3)no2)cn1)C1CCOCC1. The maximum absolute atomic E-state index is 5.44. The molecule has 6 nitrogen and oxygen atoms in total. The van der Waals surface area contributed by atoms with Gasteiger partial charge in [-0.15, -0.1) is 0 Å². The van der Waals surface area contributed by atoms with Crippen molar-refractivity contribution in [3.63, 3.8) is 0 Å². The Morgan fingerprint density at radius 2 is 1.86 bits per heavy atom. The highest BCUT2D eigenvalue weighted by atomic mass is 16.5. The van der Waals surface area contributed by atoms with Crippen LogP contribution in [0.15, 0.2) is 53.2 Å². The fourth-order valence-corrected chi connectivity index (χ4v) is 3.55. The summed E-state index contributed by atoms with van der Waals surface area (Å²) in [6.45, 7) is 1.64. The zero-order valence-corrected chi connectivity index (χ0v) is 16.3. The van der Waals surface area contributed by atoms with Crippen molar-refractivity contribution in [2.45, 2.75) is 38.1 Å². The van der Waals surface area contributed by atoms with E-state index in [-0.39, 0.29) is 0 Å². The first kappa shape index (κ1) is 18.6. The van der Waals surface area contributed by atoms with Crippen LogP contribution in [-0.4, -0.2) is 41.4 Å². The van der Waals surface area contributed by atoms with Gasteiger partial charge in [-0.05, 0) is 43.4 Å². The topological polar surface area (TPSA) is 64.3 Å². The van der Waals surface area contributed by atoms with Gasteiger partial charge in [0.05, 0.1) is 5.56 Å². The highest BCUT2D eigenvalue weighted by Crippen LogP contribution is 2.23. The van der Waals surface area contributed by atoms with Gasteiger partial charge in [-0.2, -0.15) is 4.98 Å². The first-order valence-electron chi connectivity index (χ1n) is 9.93. The first-order valence-corrected chi connectivity index (χ1v) is 9.93. The van der Waals surface area contributed by atoms with E-state index in [9.17, 15) is 0 Å². The van der Waals surface area contributed by atoms with Crippen molar-refractivity contribution in [1.29, 1.82) is 0 Å². The van der Waals surface area contributed by atoms with Crippen LogP contribution in [0, 0.1) is 0 Å². The van der Waals surface area contributed by atoms with Crippen LogP contribution < -0.4 is 4.90 Å². The lowest BCUT2D eigenvalue weighted by Gasteiger charge is -2.32. The van der Waals surface area contributed by atoms with Gasteiger partial charge in [-0.25, -0.2) is 4.98 Å². The predicted octanol–water partition coefficient (Wildman–Crippen LogP) is 3.92. The molecule has 4 rings (SSSR count). The van der Waals surface area contributed by atoms with Crippen molar-refractivity contribution in [2.75, 3.05) is 25.2 Å². The molecule has 146 valence electrons. The number of aryl methyl sites for hydroxylation is 2. The maximum Gasteiger partial charge on any atom is 0.259 e. The summed E-state index contributed by atoms with van der Waals surface area (Å²) in [7, 11) is 2.09. The molecule has 1 saturated heterocycles. The highest BCUT2D eigenvalue weighted by Gasteiger charge is 2.19. The minimum Gasteiger partial charge on any atom is -0.381 e. The molecule has 0 aliphatic carbocycles. The molecule has 0 N–H and O–H groups in total. The number of anilines is 1. The van der Waals surface area contributed by atoms with E-state index in [1.54, 1.807) is 0 Å². The van der Waals surface area contributed by atoms with Gasteiger partial charge in [-0.1, -0.05) is 35.5 Å². The number of benzene rings is 1. The molecular weight excluding hydrogens is 352 g/mol. The zero-order chi connectivity index (χ0) is 19.2. The van der Waals surface area contributed by atoms with Gasteiger partial charge in [0.2, 0.25) is 0 Å². The lowest BCUT2D eigenvalue weighted by molar-refractivity contribution is 0.0853. The Kier molecular flexibility index (Phi) is 5.97. The summed E-state index contributed by atoms with van der Waals surface area (Å²) in [5, 5.41) is 4.12. The van der Waals surface area contributed by atoms with Crippen LogP contribution in [0.5, 0.6) is 0 Å². The Morgan fingerprint density at radius 1 is 1.04 bits per heavy atom. The van der Waals surface area contributed by atoms with Crippen LogP contribution in [0.3, 0.4) is 0 Å². The fraction of sp³-hybridized carbons (Fsp3) is 0.409. The van der Waals surface area contributed by atoms with Crippen molar-refractivity contribution in [3.8, 4) is 11.5 Å². The third kappa shape index (κ3) is 4.57. The summed E-state index contributed by atoms with van der Waals surface area (Å²) in [4.78, 5) is 11.4. The van der Waals surface area contributed by atoms with Crippen molar-refractivity contribution >= 4 is 5.82 Å². The standard InChI is InChI=1S/C22H26N4O2/c1-26(19-12-14-27-15-13-19)21-11-10-18(16-23-21)22-24-20(25-28-22)9-5-8-17-6-3-2-4-7-17/h2-4,6-7,10-11,16,19H,5,8-9,12-15H2,1H3. The summed E-state index contributed by atoms with van der Waals surface area (Å²) in [5.74, 6) is 2.23. The first-order chi connectivity index (χ1) is 13.8. The van der Waals surface area contributed by atoms with Crippen LogP contribution in [-0.2, 0) is 17.6 Å². The Bertz CT molecular complexity index is 858. The molecule has 3 aromatic rings. The molecule has 1 fully saturated rings. The number of hydrogen-bond acceptors (Lipinski definition) is 6. The number of rotatable bonds is 7. The molecule has 3 heterocycles. The molecule has 0 unspecified atom stereocenters. The number of aromatic nitrogens is 3. The quantitative estimate of drug-likeness (QED) is 0.621. The van der Waals surface area contributed by atoms with E-state index in [1.807, 2.05) is 24.4 Å². The van der Waals surface area contributed by atoms with Crippen molar-refractivity contribution in [1.82, 2.24) is 15.1 Å². The van der Waals surface area contributed by atoms with Crippen LogP contribution in [0.1, 0.15) is 30.7 Å². The monoisotopic (exact) mass is 378 g/mol. The molecule has 2 aromatic heterocycles. The smallest absolute Gasteiger partial charge is 0.259 e. The summed E-state index contributed by atoms with van der Waals surface area (Å²) in [6, 6.07) is 15.0. The average molecular weight is 378 g/mol. The van der Waals surface area contributed by atoms with E-state index in [4.69, 9.17) is 9.26 Å². The highest BCUT2D eigenvalue weighted by molar-refractivity contribution is 5.54. The molecule has 0 bridgehead atoms. The Labute approximate surface area is 165 Å². The lowest BCUT2D eigenvalue weighted by atomic mass is 10.1. The van der Waals surface area contributed by atoms with Crippen molar-refractivity contribution in [2.24, 2.45) is 0 Å². The number of hydrogen-bond donors (Lipinski definition) is 0. The molecule has 0 atom stereocenters. The van der Waals surface area contributed by atoms with E-state index in [1.165, 1.54) is 5.56 Å². The summed E-state index contributed by atoms with van der Waals surface area (Å²) >= 11 is 0. The lowest BCUT2D eigenvalue weighted by Crippen LogP contribution is -2.37. The van der Waals surface area contributed by atoms with E-state index in [2.05, 4.69) is 51.3 Å². The number of pyridine rings is 1. The maximum atomic E-state index is 5.44. The van der Waals surface area contributed by atoms with Gasteiger partial charge < -0.3 is 14.2 Å². The Morgan fingerprint density at radius 3 is 2.61 bits per heavy atom. The molecule has 1 aliphatic rings. The van der Waals surface area contributed by atoms with Gasteiger partial charge >= 0.3 is 0 Å². The minimum atomic E-state index is 0.478. The van der Waals surface area contributed by atoms with Gasteiger partial charge in [0, 0.05) is 38.9 Å². The van der Waals surface area contributed by atoms with Crippen LogP contribution in [0.4, 0.5) is 5.82 Å². The van der Waals surface area contributed by atoms with Crippen molar-refractivity contribution < 1.29 is 9.26 Å². The minimum absolute atomic E-state index is 0.478. The molecule has 0 amide bonds. The van der Waals surface area contributed by atoms with E-state index >= 15 is 0 Å². The van der Waals surface area contributed by atoms with E-state index < -0.39 is 0 Å². The normalized spacial score (nSPS) is 14.9. The van der Waals surface area contributed by atoms with Crippen LogP contribution in [0.2, 0.25) is 0 Å². The Balaban J connectivity index is 1.34. The molecule has 1 aromatic carbocycles. The second kappa shape index (κ2) is 8.97. The third-order valence-corrected chi connectivity index (χ3v) is 5.27. The fourth-order valence-electron chi connectivity index (χ4n) is 3.55. The second-order valence-corrected chi connectivity index (χ2v) is 7.21. The molecular formula is C22H26N4O2.